The molecule has 3 aromatic rings. The quantitative estimate of drug-likeness (QED) is 0.594. The highest BCUT2D eigenvalue weighted by Crippen LogP contribution is 2.36. The molecule has 0 aliphatic rings. The minimum atomic E-state index is -2.59. The van der Waals surface area contributed by atoms with Gasteiger partial charge in [-0.2, -0.15) is 0 Å². The van der Waals surface area contributed by atoms with Gasteiger partial charge < -0.3 is 10.2 Å². The number of hydrogen-bond donors (Lipinski definition) is 1. The first-order valence-corrected chi connectivity index (χ1v) is 12.0. The zero-order chi connectivity index (χ0) is 20.9. The molecule has 0 fully saturated rings. The van der Waals surface area contributed by atoms with Crippen LogP contribution < -0.4 is 16.1 Å². The maximum atomic E-state index is 13.5. The van der Waals surface area contributed by atoms with Gasteiger partial charge in [-0.3, -0.25) is 0 Å². The van der Waals surface area contributed by atoms with Gasteiger partial charge in [-0.1, -0.05) is 93.6 Å². The molecule has 0 saturated heterocycles. The molecule has 0 unspecified atom stereocenters. The van der Waals surface area contributed by atoms with Crippen LogP contribution in [-0.2, 0) is 10.8 Å². The van der Waals surface area contributed by atoms with Crippen molar-refractivity contribution in [2.45, 2.75) is 38.3 Å². The van der Waals surface area contributed by atoms with Crippen LogP contribution in [0.5, 0.6) is 0 Å². The van der Waals surface area contributed by atoms with Crippen molar-refractivity contribution in [2.75, 3.05) is 6.61 Å². The molecule has 152 valence electrons. The minimum absolute atomic E-state index is 0.0890. The van der Waals surface area contributed by atoms with E-state index in [-0.39, 0.29) is 16.9 Å². The molecule has 0 aromatic heterocycles. The van der Waals surface area contributed by atoms with Crippen molar-refractivity contribution in [2.24, 2.45) is 5.73 Å². The fourth-order valence-electron chi connectivity index (χ4n) is 4.02. The van der Waals surface area contributed by atoms with Crippen LogP contribution in [0.4, 0.5) is 4.39 Å². The Bertz CT molecular complexity index is 869. The number of benzene rings is 3. The Balaban J connectivity index is 1.93. The molecule has 0 aliphatic carbocycles. The monoisotopic (exact) mass is 407 g/mol. The SMILES string of the molecule is CC(C)(C)[Si](OC[C@H](N)Cc1cccc(F)c1)(c1ccccc1)c1ccccc1. The summed E-state index contributed by atoms with van der Waals surface area (Å²) in [5, 5.41) is 2.38. The van der Waals surface area contributed by atoms with Crippen molar-refractivity contribution in [3.63, 3.8) is 0 Å². The molecular weight excluding hydrogens is 377 g/mol. The van der Waals surface area contributed by atoms with E-state index in [1.165, 1.54) is 16.4 Å². The molecule has 0 bridgehead atoms. The number of hydrogen-bond acceptors (Lipinski definition) is 2. The first-order chi connectivity index (χ1) is 13.8. The zero-order valence-corrected chi connectivity index (χ0v) is 18.4. The van der Waals surface area contributed by atoms with Crippen molar-refractivity contribution in [3.05, 3.63) is 96.3 Å². The summed E-state index contributed by atoms with van der Waals surface area (Å²) in [5.74, 6) is -0.234. The third-order valence-electron chi connectivity index (χ3n) is 5.32. The second kappa shape index (κ2) is 9.03. The van der Waals surface area contributed by atoms with Gasteiger partial charge in [-0.15, -0.1) is 0 Å². The third-order valence-corrected chi connectivity index (χ3v) is 10.3. The van der Waals surface area contributed by atoms with Crippen molar-refractivity contribution < 1.29 is 8.82 Å². The molecule has 0 saturated carbocycles. The summed E-state index contributed by atoms with van der Waals surface area (Å²) in [6.07, 6.45) is 0.579. The van der Waals surface area contributed by atoms with Crippen molar-refractivity contribution in [1.82, 2.24) is 0 Å². The van der Waals surface area contributed by atoms with Crippen molar-refractivity contribution in [1.29, 1.82) is 0 Å². The van der Waals surface area contributed by atoms with E-state index in [0.29, 0.717) is 13.0 Å². The van der Waals surface area contributed by atoms with Gasteiger partial charge in [0.2, 0.25) is 0 Å². The molecule has 0 aliphatic heterocycles. The van der Waals surface area contributed by atoms with Gasteiger partial charge in [0, 0.05) is 6.04 Å². The summed E-state index contributed by atoms with van der Waals surface area (Å²) >= 11 is 0. The third kappa shape index (κ3) is 4.84. The average molecular weight is 408 g/mol. The van der Waals surface area contributed by atoms with Crippen LogP contribution in [0.25, 0.3) is 0 Å². The minimum Gasteiger partial charge on any atom is -0.406 e. The summed E-state index contributed by atoms with van der Waals surface area (Å²) in [4.78, 5) is 0. The van der Waals surface area contributed by atoms with E-state index in [4.69, 9.17) is 10.2 Å². The molecule has 0 heterocycles. The largest absolute Gasteiger partial charge is 0.406 e. The Labute approximate surface area is 174 Å². The molecular formula is C25H30FNOSi. The van der Waals surface area contributed by atoms with Gasteiger partial charge in [-0.05, 0) is 39.5 Å². The second-order valence-electron chi connectivity index (χ2n) is 8.57. The highest BCUT2D eigenvalue weighted by Gasteiger charge is 2.50. The molecule has 2 N–H and O–H groups in total. The van der Waals surface area contributed by atoms with Crippen LogP contribution in [0.2, 0.25) is 5.04 Å². The molecule has 1 atom stereocenters. The van der Waals surface area contributed by atoms with Crippen LogP contribution in [0, 0.1) is 5.82 Å². The molecule has 3 rings (SSSR count). The van der Waals surface area contributed by atoms with E-state index in [1.807, 2.05) is 18.2 Å². The maximum absolute atomic E-state index is 13.5. The van der Waals surface area contributed by atoms with Gasteiger partial charge in [0.15, 0.2) is 0 Å². The standard InChI is InChI=1S/C25H30FNOSi/c1-25(2,3)29(23-13-6-4-7-14-23,24-15-8-5-9-16-24)28-19-22(27)18-20-11-10-12-21(26)17-20/h4-17,22H,18-19,27H2,1-3H3/t22-/m1/s1. The maximum Gasteiger partial charge on any atom is 0.261 e. The average Bonchev–Trinajstić information content (AvgIpc) is 2.69. The smallest absolute Gasteiger partial charge is 0.261 e. The highest BCUT2D eigenvalue weighted by molar-refractivity contribution is 6.99. The van der Waals surface area contributed by atoms with Crippen LogP contribution in [-0.4, -0.2) is 21.0 Å². The summed E-state index contributed by atoms with van der Waals surface area (Å²) < 4.78 is 20.4. The lowest BCUT2D eigenvalue weighted by molar-refractivity contribution is 0.270. The van der Waals surface area contributed by atoms with Crippen LogP contribution in [0.3, 0.4) is 0 Å². The first-order valence-electron chi connectivity index (χ1n) is 10.1. The molecule has 3 aromatic carbocycles. The van der Waals surface area contributed by atoms with Gasteiger partial charge >= 0.3 is 0 Å². The predicted octanol–water partition coefficient (Wildman–Crippen LogP) is 4.27. The summed E-state index contributed by atoms with van der Waals surface area (Å²) in [6, 6.07) is 27.4. The van der Waals surface area contributed by atoms with E-state index in [1.54, 1.807) is 12.1 Å². The Hall–Kier alpha value is -2.27. The normalized spacial score (nSPS) is 13.3. The van der Waals surface area contributed by atoms with Crippen molar-refractivity contribution in [3.8, 4) is 0 Å². The lowest BCUT2D eigenvalue weighted by atomic mass is 10.1. The van der Waals surface area contributed by atoms with Gasteiger partial charge in [0.25, 0.3) is 8.32 Å². The molecule has 0 spiro atoms. The lowest BCUT2D eigenvalue weighted by Gasteiger charge is -2.43. The van der Waals surface area contributed by atoms with Crippen LogP contribution >= 0.6 is 0 Å². The van der Waals surface area contributed by atoms with Gasteiger partial charge in [0.1, 0.15) is 5.82 Å². The van der Waals surface area contributed by atoms with Crippen molar-refractivity contribution >= 4 is 18.7 Å². The molecule has 0 amide bonds. The second-order valence-corrected chi connectivity index (χ2v) is 12.9. The topological polar surface area (TPSA) is 35.2 Å². The molecule has 29 heavy (non-hydrogen) atoms. The Morgan fingerprint density at radius 2 is 1.41 bits per heavy atom. The van der Waals surface area contributed by atoms with Gasteiger partial charge in [0.05, 0.1) is 6.61 Å². The zero-order valence-electron chi connectivity index (χ0n) is 17.4. The Morgan fingerprint density at radius 1 is 0.862 bits per heavy atom. The highest BCUT2D eigenvalue weighted by atomic mass is 28.4. The van der Waals surface area contributed by atoms with E-state index < -0.39 is 8.32 Å². The molecule has 4 heteroatoms. The van der Waals surface area contributed by atoms with Crippen LogP contribution in [0.15, 0.2) is 84.9 Å². The van der Waals surface area contributed by atoms with Crippen LogP contribution in [0.1, 0.15) is 26.3 Å². The van der Waals surface area contributed by atoms with E-state index in [2.05, 4.69) is 69.3 Å². The summed E-state index contributed by atoms with van der Waals surface area (Å²) in [5.41, 5.74) is 7.33. The Kier molecular flexibility index (Phi) is 6.68. The van der Waals surface area contributed by atoms with E-state index in [0.717, 1.165) is 5.56 Å². The summed E-state index contributed by atoms with van der Waals surface area (Å²) in [6.45, 7) is 7.16. The van der Waals surface area contributed by atoms with E-state index >= 15 is 0 Å². The predicted molar refractivity (Wildman–Crippen MR) is 122 cm³/mol. The lowest BCUT2D eigenvalue weighted by Crippen LogP contribution is -2.67. The Morgan fingerprint density at radius 3 is 1.90 bits per heavy atom. The fourth-order valence-corrected chi connectivity index (χ4v) is 8.64. The number of halogens is 1. The molecule has 0 radical (unpaired) electrons. The van der Waals surface area contributed by atoms with E-state index in [9.17, 15) is 4.39 Å². The number of rotatable bonds is 7. The van der Waals surface area contributed by atoms with Gasteiger partial charge in [-0.25, -0.2) is 4.39 Å². The fraction of sp³-hybridized carbons (Fsp3) is 0.280. The summed E-state index contributed by atoms with van der Waals surface area (Å²) in [7, 11) is -2.59. The first kappa shape index (κ1) is 21.4. The number of nitrogens with two attached hydrogens (primary N) is 1. The molecule has 2 nitrogen and oxygen atoms in total.